The van der Waals surface area contributed by atoms with Gasteiger partial charge in [0.2, 0.25) is 5.91 Å². The Morgan fingerprint density at radius 2 is 1.53 bits per heavy atom. The molecule has 0 atom stereocenters. The predicted octanol–water partition coefficient (Wildman–Crippen LogP) is 0.401. The van der Waals surface area contributed by atoms with Crippen LogP contribution in [-0.2, 0) is 0 Å². The highest BCUT2D eigenvalue weighted by Gasteiger charge is 2.12. The summed E-state index contributed by atoms with van der Waals surface area (Å²) in [4.78, 5) is 10.9. The second kappa shape index (κ2) is 3.91. The summed E-state index contributed by atoms with van der Waals surface area (Å²) in [6.07, 6.45) is 0. The molecule has 1 aromatic carbocycles. The number of hydrogen-bond acceptors (Lipinski definition) is 4. The van der Waals surface area contributed by atoms with Gasteiger partial charge in [-0.1, -0.05) is 0 Å². The Labute approximate surface area is 85.6 Å². The normalized spacial score (nSPS) is 8.33. The van der Waals surface area contributed by atoms with Gasteiger partial charge in [-0.05, 0) is 12.1 Å². The van der Waals surface area contributed by atoms with Gasteiger partial charge in [-0.25, -0.2) is 0 Å². The zero-order valence-corrected chi connectivity index (χ0v) is 7.48. The van der Waals surface area contributed by atoms with Crippen molar-refractivity contribution in [2.75, 3.05) is 0 Å². The number of carbonyl (C=O) groups excluding carboxylic acids is 1. The van der Waals surface area contributed by atoms with Crippen molar-refractivity contribution in [1.29, 1.82) is 15.8 Å². The van der Waals surface area contributed by atoms with Crippen LogP contribution in [0.2, 0.25) is 0 Å². The van der Waals surface area contributed by atoms with E-state index in [0.29, 0.717) is 0 Å². The van der Waals surface area contributed by atoms with Crippen molar-refractivity contribution in [1.82, 2.24) is 0 Å². The van der Waals surface area contributed by atoms with Gasteiger partial charge >= 0.3 is 0 Å². The zero-order chi connectivity index (χ0) is 11.4. The first-order valence-corrected chi connectivity index (χ1v) is 3.82. The lowest BCUT2D eigenvalue weighted by molar-refractivity contribution is 0.1000. The van der Waals surface area contributed by atoms with E-state index in [0.717, 1.165) is 0 Å². The summed E-state index contributed by atoms with van der Waals surface area (Å²) >= 11 is 0. The maximum Gasteiger partial charge on any atom is 0.248 e. The first-order valence-electron chi connectivity index (χ1n) is 3.82. The van der Waals surface area contributed by atoms with Crippen LogP contribution in [-0.4, -0.2) is 5.91 Å². The third-order valence-electron chi connectivity index (χ3n) is 1.78. The number of carbonyl (C=O) groups is 1. The first-order chi connectivity index (χ1) is 7.13. The maximum atomic E-state index is 10.9. The van der Waals surface area contributed by atoms with Crippen molar-refractivity contribution in [3.05, 3.63) is 34.4 Å². The van der Waals surface area contributed by atoms with E-state index >= 15 is 0 Å². The van der Waals surface area contributed by atoms with Gasteiger partial charge in [-0.15, -0.1) is 0 Å². The van der Waals surface area contributed by atoms with E-state index in [2.05, 4.69) is 0 Å². The van der Waals surface area contributed by atoms with Crippen LogP contribution in [0.4, 0.5) is 0 Å². The van der Waals surface area contributed by atoms with E-state index in [1.165, 1.54) is 12.1 Å². The third-order valence-corrected chi connectivity index (χ3v) is 1.78. The Morgan fingerprint density at radius 3 is 1.80 bits per heavy atom. The van der Waals surface area contributed by atoms with Crippen LogP contribution in [0.25, 0.3) is 0 Å². The standard InChI is InChI=1S/C10H4N4O/c11-3-7-1-6(10(14)15)2-8(4-12)9(7)5-13/h1-2H,(H2,14,15). The van der Waals surface area contributed by atoms with Gasteiger partial charge in [0, 0.05) is 5.56 Å². The summed E-state index contributed by atoms with van der Waals surface area (Å²) < 4.78 is 0. The second-order valence-corrected chi connectivity index (χ2v) is 2.65. The highest BCUT2D eigenvalue weighted by molar-refractivity contribution is 5.94. The molecule has 0 saturated carbocycles. The molecule has 70 valence electrons. The molecule has 1 aromatic rings. The lowest BCUT2D eigenvalue weighted by Crippen LogP contribution is -2.12. The molecule has 1 rings (SSSR count). The van der Waals surface area contributed by atoms with Crippen molar-refractivity contribution in [3.63, 3.8) is 0 Å². The average molecular weight is 196 g/mol. The van der Waals surface area contributed by atoms with E-state index in [1.807, 2.05) is 0 Å². The van der Waals surface area contributed by atoms with Gasteiger partial charge in [0.1, 0.15) is 18.2 Å². The molecule has 0 heterocycles. The minimum Gasteiger partial charge on any atom is -0.366 e. The highest BCUT2D eigenvalue weighted by atomic mass is 16.1. The van der Waals surface area contributed by atoms with Gasteiger partial charge in [0.05, 0.1) is 16.7 Å². The third kappa shape index (κ3) is 1.75. The van der Waals surface area contributed by atoms with Crippen molar-refractivity contribution >= 4 is 5.91 Å². The summed E-state index contributed by atoms with van der Waals surface area (Å²) in [5.74, 6) is -0.743. The van der Waals surface area contributed by atoms with Crippen LogP contribution in [0.5, 0.6) is 0 Å². The Bertz CT molecular complexity index is 519. The molecule has 0 radical (unpaired) electrons. The smallest absolute Gasteiger partial charge is 0.248 e. The number of nitrogens with zero attached hydrogens (tertiary/aromatic N) is 3. The van der Waals surface area contributed by atoms with Gasteiger partial charge in [-0.2, -0.15) is 15.8 Å². The lowest BCUT2D eigenvalue weighted by Gasteiger charge is -2.00. The van der Waals surface area contributed by atoms with Crippen molar-refractivity contribution in [3.8, 4) is 18.2 Å². The summed E-state index contributed by atoms with van der Waals surface area (Å²) in [6, 6.07) is 7.60. The van der Waals surface area contributed by atoms with Crippen LogP contribution in [0.3, 0.4) is 0 Å². The molecule has 0 aliphatic rings. The topological polar surface area (TPSA) is 114 Å². The van der Waals surface area contributed by atoms with Crippen LogP contribution < -0.4 is 5.73 Å². The summed E-state index contributed by atoms with van der Waals surface area (Å²) in [6.45, 7) is 0. The molecule has 15 heavy (non-hydrogen) atoms. The minimum absolute atomic E-state index is 0.0228. The maximum absolute atomic E-state index is 10.9. The SMILES string of the molecule is N#Cc1cc(C(N)=O)cc(C#N)c1C#N. The van der Waals surface area contributed by atoms with Crippen LogP contribution in [0.15, 0.2) is 12.1 Å². The van der Waals surface area contributed by atoms with E-state index in [1.54, 1.807) is 18.2 Å². The Kier molecular flexibility index (Phi) is 2.67. The number of hydrogen-bond donors (Lipinski definition) is 1. The summed E-state index contributed by atoms with van der Waals surface area (Å²) in [5, 5.41) is 26.1. The fraction of sp³-hybridized carbons (Fsp3) is 0. The van der Waals surface area contributed by atoms with Crippen LogP contribution in [0.1, 0.15) is 27.0 Å². The lowest BCUT2D eigenvalue weighted by atomic mass is 9.99. The Balaban J connectivity index is 3.62. The van der Waals surface area contributed by atoms with E-state index in [9.17, 15) is 4.79 Å². The fourth-order valence-electron chi connectivity index (χ4n) is 1.08. The highest BCUT2D eigenvalue weighted by Crippen LogP contribution is 2.15. The molecule has 0 saturated heterocycles. The van der Waals surface area contributed by atoms with Crippen LogP contribution in [0, 0.1) is 34.0 Å². The summed E-state index contributed by atoms with van der Waals surface area (Å²) in [7, 11) is 0. The average Bonchev–Trinajstić information content (AvgIpc) is 2.26. The van der Waals surface area contributed by atoms with Gasteiger partial charge < -0.3 is 5.73 Å². The van der Waals surface area contributed by atoms with Crippen molar-refractivity contribution in [2.45, 2.75) is 0 Å². The molecule has 0 fully saturated rings. The fourth-order valence-corrected chi connectivity index (χ4v) is 1.08. The van der Waals surface area contributed by atoms with Crippen LogP contribution >= 0.6 is 0 Å². The first kappa shape index (κ1) is 10.2. The number of primary amides is 1. The van der Waals surface area contributed by atoms with Gasteiger partial charge in [-0.3, -0.25) is 4.79 Å². The molecule has 2 N–H and O–H groups in total. The molecular formula is C10H4N4O. The number of amides is 1. The second-order valence-electron chi connectivity index (χ2n) is 2.65. The molecule has 0 unspecified atom stereocenters. The number of rotatable bonds is 1. The molecule has 0 aliphatic carbocycles. The largest absolute Gasteiger partial charge is 0.366 e. The van der Waals surface area contributed by atoms with E-state index in [4.69, 9.17) is 21.5 Å². The van der Waals surface area contributed by atoms with Gasteiger partial charge in [0.25, 0.3) is 0 Å². The van der Waals surface area contributed by atoms with Crippen molar-refractivity contribution < 1.29 is 4.79 Å². The molecule has 0 aromatic heterocycles. The molecule has 5 nitrogen and oxygen atoms in total. The minimum atomic E-state index is -0.743. The predicted molar refractivity (Wildman–Crippen MR) is 49.1 cm³/mol. The molecule has 0 bridgehead atoms. The Morgan fingerprint density at radius 1 is 1.07 bits per heavy atom. The Hall–Kier alpha value is -2.84. The molecule has 0 spiro atoms. The molecule has 5 heteroatoms. The number of benzene rings is 1. The zero-order valence-electron chi connectivity index (χ0n) is 7.48. The van der Waals surface area contributed by atoms with Gasteiger partial charge in [0.15, 0.2) is 0 Å². The number of nitrogens with two attached hydrogens (primary N) is 1. The van der Waals surface area contributed by atoms with E-state index in [-0.39, 0.29) is 22.3 Å². The van der Waals surface area contributed by atoms with Crippen molar-refractivity contribution in [2.24, 2.45) is 5.73 Å². The molecule has 0 aliphatic heterocycles. The molecule has 1 amide bonds. The quantitative estimate of drug-likeness (QED) is 0.699. The molecular weight excluding hydrogens is 192 g/mol. The summed E-state index contributed by atoms with van der Waals surface area (Å²) in [5.41, 5.74) is 4.97. The number of nitriles is 3. The van der Waals surface area contributed by atoms with E-state index < -0.39 is 5.91 Å². The monoisotopic (exact) mass is 196 g/mol.